The second-order valence-corrected chi connectivity index (χ2v) is 8.88. The SMILES string of the molecule is Cc1ccccc1NS(=O)(=O)c1ccc(NC(=O)COc2ccc(Cl)cc2Cl)cc1. The Morgan fingerprint density at radius 1 is 1.00 bits per heavy atom. The summed E-state index contributed by atoms with van der Waals surface area (Å²) < 4.78 is 33.1. The van der Waals surface area contributed by atoms with Gasteiger partial charge in [0, 0.05) is 10.7 Å². The average molecular weight is 465 g/mol. The number of benzene rings is 3. The van der Waals surface area contributed by atoms with Gasteiger partial charge in [-0.25, -0.2) is 8.42 Å². The van der Waals surface area contributed by atoms with Crippen LogP contribution in [-0.2, 0) is 14.8 Å². The molecule has 156 valence electrons. The molecule has 0 aliphatic heterocycles. The number of rotatable bonds is 7. The van der Waals surface area contributed by atoms with Crippen molar-refractivity contribution < 1.29 is 17.9 Å². The summed E-state index contributed by atoms with van der Waals surface area (Å²) in [6, 6.07) is 17.6. The molecule has 0 fully saturated rings. The van der Waals surface area contributed by atoms with Crippen molar-refractivity contribution in [2.45, 2.75) is 11.8 Å². The van der Waals surface area contributed by atoms with Crippen LogP contribution in [-0.4, -0.2) is 20.9 Å². The third-order valence-corrected chi connectivity index (χ3v) is 6.00. The van der Waals surface area contributed by atoms with Gasteiger partial charge in [0.15, 0.2) is 6.61 Å². The molecule has 0 spiro atoms. The Balaban J connectivity index is 1.61. The first-order valence-corrected chi connectivity index (χ1v) is 11.0. The molecule has 3 rings (SSSR count). The number of para-hydroxylation sites is 1. The van der Waals surface area contributed by atoms with E-state index < -0.39 is 15.9 Å². The normalized spacial score (nSPS) is 11.0. The summed E-state index contributed by atoms with van der Waals surface area (Å²) in [6.45, 7) is 1.55. The van der Waals surface area contributed by atoms with Gasteiger partial charge in [-0.1, -0.05) is 41.4 Å². The highest BCUT2D eigenvalue weighted by Crippen LogP contribution is 2.27. The zero-order chi connectivity index (χ0) is 21.7. The van der Waals surface area contributed by atoms with Crippen LogP contribution in [0.2, 0.25) is 10.0 Å². The molecular formula is C21H18Cl2N2O4S. The minimum Gasteiger partial charge on any atom is -0.482 e. The lowest BCUT2D eigenvalue weighted by molar-refractivity contribution is -0.118. The molecule has 0 aromatic heterocycles. The van der Waals surface area contributed by atoms with Gasteiger partial charge in [0.2, 0.25) is 0 Å². The van der Waals surface area contributed by atoms with Crippen LogP contribution in [0.5, 0.6) is 5.75 Å². The van der Waals surface area contributed by atoms with Crippen LogP contribution < -0.4 is 14.8 Å². The molecule has 0 saturated heterocycles. The van der Waals surface area contributed by atoms with Gasteiger partial charge < -0.3 is 10.1 Å². The number of sulfonamides is 1. The summed E-state index contributed by atoms with van der Waals surface area (Å²) >= 11 is 11.8. The van der Waals surface area contributed by atoms with Crippen molar-refractivity contribution in [3.05, 3.63) is 82.3 Å². The smallest absolute Gasteiger partial charge is 0.262 e. The Labute approximate surface area is 184 Å². The van der Waals surface area contributed by atoms with Gasteiger partial charge in [-0.15, -0.1) is 0 Å². The first kappa shape index (κ1) is 22.0. The Kier molecular flexibility index (Phi) is 6.87. The average Bonchev–Trinajstić information content (AvgIpc) is 2.69. The van der Waals surface area contributed by atoms with Crippen LogP contribution in [0, 0.1) is 6.92 Å². The molecule has 6 nitrogen and oxygen atoms in total. The van der Waals surface area contributed by atoms with Gasteiger partial charge in [0.25, 0.3) is 15.9 Å². The second-order valence-electron chi connectivity index (χ2n) is 6.36. The highest BCUT2D eigenvalue weighted by Gasteiger charge is 2.15. The second kappa shape index (κ2) is 9.38. The predicted octanol–water partition coefficient (Wildman–Crippen LogP) is 5.12. The van der Waals surface area contributed by atoms with Crippen molar-refractivity contribution >= 4 is 50.5 Å². The number of hydrogen-bond acceptors (Lipinski definition) is 4. The Morgan fingerprint density at radius 2 is 1.70 bits per heavy atom. The Morgan fingerprint density at radius 3 is 2.37 bits per heavy atom. The van der Waals surface area contributed by atoms with Crippen molar-refractivity contribution in [2.24, 2.45) is 0 Å². The zero-order valence-corrected chi connectivity index (χ0v) is 18.2. The first-order chi connectivity index (χ1) is 14.2. The molecule has 30 heavy (non-hydrogen) atoms. The van der Waals surface area contributed by atoms with Crippen LogP contribution in [0.3, 0.4) is 0 Å². The maximum absolute atomic E-state index is 12.6. The van der Waals surface area contributed by atoms with Crippen LogP contribution in [0.15, 0.2) is 71.6 Å². The van der Waals surface area contributed by atoms with E-state index in [0.29, 0.717) is 27.2 Å². The Hall–Kier alpha value is -2.74. The summed E-state index contributed by atoms with van der Waals surface area (Å²) in [6.07, 6.45) is 0. The Bertz CT molecular complexity index is 1170. The van der Waals surface area contributed by atoms with Crippen molar-refractivity contribution in [3.8, 4) is 5.75 Å². The van der Waals surface area contributed by atoms with E-state index >= 15 is 0 Å². The number of aryl methyl sites for hydroxylation is 1. The van der Waals surface area contributed by atoms with E-state index in [2.05, 4.69) is 10.0 Å². The van der Waals surface area contributed by atoms with E-state index in [9.17, 15) is 13.2 Å². The van der Waals surface area contributed by atoms with Gasteiger partial charge in [-0.05, 0) is 61.0 Å². The molecule has 1 amide bonds. The van der Waals surface area contributed by atoms with Gasteiger partial charge in [0.1, 0.15) is 5.75 Å². The van der Waals surface area contributed by atoms with Crippen LogP contribution in [0.25, 0.3) is 0 Å². The molecule has 0 atom stereocenters. The molecule has 0 aliphatic rings. The van der Waals surface area contributed by atoms with E-state index in [1.807, 2.05) is 19.1 Å². The van der Waals surface area contributed by atoms with Crippen molar-refractivity contribution in [2.75, 3.05) is 16.6 Å². The number of halogens is 2. The number of carbonyl (C=O) groups is 1. The van der Waals surface area contributed by atoms with Gasteiger partial charge >= 0.3 is 0 Å². The van der Waals surface area contributed by atoms with Crippen molar-refractivity contribution in [3.63, 3.8) is 0 Å². The summed E-state index contributed by atoms with van der Waals surface area (Å²) in [5.41, 5.74) is 1.75. The fraction of sp³-hybridized carbons (Fsp3) is 0.0952. The number of amides is 1. The lowest BCUT2D eigenvalue weighted by atomic mass is 10.2. The lowest BCUT2D eigenvalue weighted by Gasteiger charge is -2.11. The van der Waals surface area contributed by atoms with E-state index in [0.717, 1.165) is 5.56 Å². The van der Waals surface area contributed by atoms with Crippen molar-refractivity contribution in [1.82, 2.24) is 0 Å². The molecule has 0 bridgehead atoms. The zero-order valence-electron chi connectivity index (χ0n) is 15.9. The van der Waals surface area contributed by atoms with Crippen LogP contribution >= 0.6 is 23.2 Å². The molecule has 0 saturated carbocycles. The third kappa shape index (κ3) is 5.66. The number of carbonyl (C=O) groups excluding carboxylic acids is 1. The van der Waals surface area contributed by atoms with E-state index in [4.69, 9.17) is 27.9 Å². The molecule has 3 aromatic rings. The summed E-state index contributed by atoms with van der Waals surface area (Å²) in [5.74, 6) is -0.0883. The van der Waals surface area contributed by atoms with Crippen LogP contribution in [0.4, 0.5) is 11.4 Å². The molecular weight excluding hydrogens is 447 g/mol. The fourth-order valence-corrected chi connectivity index (χ4v) is 4.13. The molecule has 9 heteroatoms. The maximum Gasteiger partial charge on any atom is 0.262 e. The standard InChI is InChI=1S/C21H18Cl2N2O4S/c1-14-4-2-3-5-19(14)25-30(27,28)17-9-7-16(8-10-17)24-21(26)13-29-20-11-6-15(22)12-18(20)23/h2-12,25H,13H2,1H3,(H,24,26). The third-order valence-electron chi connectivity index (χ3n) is 4.09. The molecule has 0 heterocycles. The largest absolute Gasteiger partial charge is 0.482 e. The molecule has 0 radical (unpaired) electrons. The van der Waals surface area contributed by atoms with Gasteiger partial charge in [-0.3, -0.25) is 9.52 Å². The van der Waals surface area contributed by atoms with Gasteiger partial charge in [0.05, 0.1) is 15.6 Å². The number of hydrogen-bond donors (Lipinski definition) is 2. The number of ether oxygens (including phenoxy) is 1. The number of anilines is 2. The molecule has 0 aliphatic carbocycles. The summed E-state index contributed by atoms with van der Waals surface area (Å²) in [7, 11) is -3.75. The molecule has 2 N–H and O–H groups in total. The van der Waals surface area contributed by atoms with Crippen molar-refractivity contribution in [1.29, 1.82) is 0 Å². The van der Waals surface area contributed by atoms with Crippen LogP contribution in [0.1, 0.15) is 5.56 Å². The van der Waals surface area contributed by atoms with E-state index in [1.165, 1.54) is 30.3 Å². The summed E-state index contributed by atoms with van der Waals surface area (Å²) in [5, 5.41) is 3.39. The highest BCUT2D eigenvalue weighted by atomic mass is 35.5. The predicted molar refractivity (Wildman–Crippen MR) is 119 cm³/mol. The monoisotopic (exact) mass is 464 g/mol. The first-order valence-electron chi connectivity index (χ1n) is 8.81. The van der Waals surface area contributed by atoms with E-state index in [-0.39, 0.29) is 11.5 Å². The maximum atomic E-state index is 12.6. The topological polar surface area (TPSA) is 84.5 Å². The molecule has 3 aromatic carbocycles. The minimum absolute atomic E-state index is 0.0768. The minimum atomic E-state index is -3.75. The highest BCUT2D eigenvalue weighted by molar-refractivity contribution is 7.92. The summed E-state index contributed by atoms with van der Waals surface area (Å²) in [4.78, 5) is 12.2. The quantitative estimate of drug-likeness (QED) is 0.507. The fourth-order valence-electron chi connectivity index (χ4n) is 2.54. The molecule has 0 unspecified atom stereocenters. The van der Waals surface area contributed by atoms with Gasteiger partial charge in [-0.2, -0.15) is 0 Å². The number of nitrogens with one attached hydrogen (secondary N) is 2. The van der Waals surface area contributed by atoms with E-state index in [1.54, 1.807) is 24.3 Å². The lowest BCUT2D eigenvalue weighted by Crippen LogP contribution is -2.20.